The Balaban J connectivity index is 2.58. The maximum absolute atomic E-state index is 6.03. The smallest absolute Gasteiger partial charge is 0.124 e. The molecule has 0 unspecified atom stereocenters. The van der Waals surface area contributed by atoms with Gasteiger partial charge < -0.3 is 10.5 Å². The van der Waals surface area contributed by atoms with Crippen molar-refractivity contribution in [1.82, 2.24) is 4.98 Å². The van der Waals surface area contributed by atoms with Crippen molar-refractivity contribution in [2.75, 3.05) is 12.8 Å². The van der Waals surface area contributed by atoms with Crippen LogP contribution in [0.1, 0.15) is 16.7 Å². The number of rotatable bonds is 2. The molecule has 0 aliphatic rings. The zero-order chi connectivity index (χ0) is 13.3. The Morgan fingerprint density at radius 1 is 1.06 bits per heavy atom. The van der Waals surface area contributed by atoms with Crippen molar-refractivity contribution in [3.63, 3.8) is 0 Å². The summed E-state index contributed by atoms with van der Waals surface area (Å²) in [5.74, 6) is 0.921. The summed E-state index contributed by atoms with van der Waals surface area (Å²) in [6, 6.07) is 6.05. The second-order valence-electron chi connectivity index (χ2n) is 4.59. The number of hydrogen-bond donors (Lipinski definition) is 1. The molecule has 0 saturated heterocycles. The summed E-state index contributed by atoms with van der Waals surface area (Å²) in [7, 11) is 1.69. The molecule has 0 bridgehead atoms. The maximum Gasteiger partial charge on any atom is 0.124 e. The third-order valence-corrected chi connectivity index (χ3v) is 2.99. The monoisotopic (exact) mass is 242 g/mol. The molecule has 2 N–H and O–H groups in total. The summed E-state index contributed by atoms with van der Waals surface area (Å²) < 4.78 is 5.36. The highest BCUT2D eigenvalue weighted by molar-refractivity contribution is 5.74. The lowest BCUT2D eigenvalue weighted by atomic mass is 10.0. The SMILES string of the molecule is COc1c(C)cc(-c2ncc(C)cc2N)cc1C. The van der Waals surface area contributed by atoms with E-state index in [1.165, 1.54) is 0 Å². The molecule has 1 aromatic heterocycles. The summed E-state index contributed by atoms with van der Waals surface area (Å²) in [6.45, 7) is 6.04. The minimum absolute atomic E-state index is 0.707. The van der Waals surface area contributed by atoms with Crippen LogP contribution in [0.4, 0.5) is 5.69 Å². The van der Waals surface area contributed by atoms with Crippen molar-refractivity contribution in [2.45, 2.75) is 20.8 Å². The predicted octanol–water partition coefficient (Wildman–Crippen LogP) is 3.26. The molecule has 0 amide bonds. The number of benzene rings is 1. The van der Waals surface area contributed by atoms with E-state index < -0.39 is 0 Å². The first-order valence-electron chi connectivity index (χ1n) is 5.90. The van der Waals surface area contributed by atoms with Gasteiger partial charge in [0.2, 0.25) is 0 Å². The second kappa shape index (κ2) is 4.69. The lowest BCUT2D eigenvalue weighted by Crippen LogP contribution is -1.97. The fourth-order valence-corrected chi connectivity index (χ4v) is 2.24. The average molecular weight is 242 g/mol. The van der Waals surface area contributed by atoms with Crippen LogP contribution in [-0.4, -0.2) is 12.1 Å². The van der Waals surface area contributed by atoms with Crippen molar-refractivity contribution in [1.29, 1.82) is 0 Å². The third-order valence-electron chi connectivity index (χ3n) is 2.99. The fourth-order valence-electron chi connectivity index (χ4n) is 2.24. The standard InChI is InChI=1S/C15H18N2O/c1-9-5-13(16)14(17-8-9)12-6-10(2)15(18-4)11(3)7-12/h5-8H,16H2,1-4H3. The van der Waals surface area contributed by atoms with Crippen LogP contribution in [0.2, 0.25) is 0 Å². The molecule has 18 heavy (non-hydrogen) atoms. The molecule has 1 aromatic carbocycles. The van der Waals surface area contributed by atoms with Crippen LogP contribution in [0.3, 0.4) is 0 Å². The van der Waals surface area contributed by atoms with Crippen molar-refractivity contribution in [2.24, 2.45) is 0 Å². The van der Waals surface area contributed by atoms with Crippen molar-refractivity contribution in [3.8, 4) is 17.0 Å². The molecule has 0 saturated carbocycles. The van der Waals surface area contributed by atoms with E-state index >= 15 is 0 Å². The predicted molar refractivity (Wildman–Crippen MR) is 74.8 cm³/mol. The van der Waals surface area contributed by atoms with Gasteiger partial charge in [0.05, 0.1) is 18.5 Å². The molecule has 3 heteroatoms. The molecule has 0 aliphatic heterocycles. The molecule has 3 nitrogen and oxygen atoms in total. The average Bonchev–Trinajstić information content (AvgIpc) is 2.28. The summed E-state index contributed by atoms with van der Waals surface area (Å²) in [5.41, 5.74) is 11.8. The zero-order valence-electron chi connectivity index (χ0n) is 11.2. The Kier molecular flexibility index (Phi) is 3.24. The molecule has 2 aromatic rings. The van der Waals surface area contributed by atoms with Crippen molar-refractivity contribution in [3.05, 3.63) is 41.1 Å². The van der Waals surface area contributed by atoms with Gasteiger partial charge in [0.25, 0.3) is 0 Å². The number of anilines is 1. The normalized spacial score (nSPS) is 10.4. The van der Waals surface area contributed by atoms with Crippen molar-refractivity contribution >= 4 is 5.69 Å². The summed E-state index contributed by atoms with van der Waals surface area (Å²) in [4.78, 5) is 4.42. The number of nitrogens with two attached hydrogens (primary N) is 1. The van der Waals surface area contributed by atoms with Crippen LogP contribution >= 0.6 is 0 Å². The number of ether oxygens (including phenoxy) is 1. The molecule has 0 fully saturated rings. The van der Waals surface area contributed by atoms with E-state index in [0.29, 0.717) is 5.69 Å². The highest BCUT2D eigenvalue weighted by Gasteiger charge is 2.10. The van der Waals surface area contributed by atoms with E-state index in [0.717, 1.165) is 33.7 Å². The number of nitrogen functional groups attached to an aromatic ring is 1. The summed E-state index contributed by atoms with van der Waals surface area (Å²) in [6.07, 6.45) is 1.83. The van der Waals surface area contributed by atoms with E-state index in [1.807, 2.05) is 33.0 Å². The molecular weight excluding hydrogens is 224 g/mol. The number of aryl methyl sites for hydroxylation is 3. The molecule has 94 valence electrons. The Labute approximate surface area is 108 Å². The van der Waals surface area contributed by atoms with E-state index in [-0.39, 0.29) is 0 Å². The van der Waals surface area contributed by atoms with E-state index in [9.17, 15) is 0 Å². The van der Waals surface area contributed by atoms with Crippen LogP contribution in [0.25, 0.3) is 11.3 Å². The van der Waals surface area contributed by atoms with Gasteiger partial charge in [0.15, 0.2) is 0 Å². The lowest BCUT2D eigenvalue weighted by Gasteiger charge is -2.12. The van der Waals surface area contributed by atoms with Gasteiger partial charge in [-0.2, -0.15) is 0 Å². The Bertz CT molecular complexity index is 568. The third kappa shape index (κ3) is 2.16. The number of aromatic nitrogens is 1. The quantitative estimate of drug-likeness (QED) is 0.879. The highest BCUT2D eigenvalue weighted by Crippen LogP contribution is 2.31. The van der Waals surface area contributed by atoms with Gasteiger partial charge in [-0.1, -0.05) is 0 Å². The van der Waals surface area contributed by atoms with Crippen molar-refractivity contribution < 1.29 is 4.74 Å². The van der Waals surface area contributed by atoms with E-state index in [1.54, 1.807) is 7.11 Å². The lowest BCUT2D eigenvalue weighted by molar-refractivity contribution is 0.408. The molecule has 1 heterocycles. The first-order valence-corrected chi connectivity index (χ1v) is 5.90. The second-order valence-corrected chi connectivity index (χ2v) is 4.59. The summed E-state index contributed by atoms with van der Waals surface area (Å²) in [5, 5.41) is 0. The number of nitrogens with zero attached hydrogens (tertiary/aromatic N) is 1. The highest BCUT2D eigenvalue weighted by atomic mass is 16.5. The number of pyridine rings is 1. The van der Waals surface area contributed by atoms with Gasteiger partial charge >= 0.3 is 0 Å². The molecule has 0 spiro atoms. The molecule has 0 aliphatic carbocycles. The Hall–Kier alpha value is -2.03. The Morgan fingerprint density at radius 3 is 2.17 bits per heavy atom. The molecule has 0 radical (unpaired) electrons. The van der Waals surface area contributed by atoms with E-state index in [2.05, 4.69) is 17.1 Å². The largest absolute Gasteiger partial charge is 0.496 e. The fraction of sp³-hybridized carbons (Fsp3) is 0.267. The first kappa shape index (κ1) is 12.4. The van der Waals surface area contributed by atoms with Crippen LogP contribution < -0.4 is 10.5 Å². The van der Waals surface area contributed by atoms with Crippen LogP contribution in [-0.2, 0) is 0 Å². The minimum Gasteiger partial charge on any atom is -0.496 e. The first-order chi connectivity index (χ1) is 8.52. The molecule has 2 rings (SSSR count). The summed E-state index contributed by atoms with van der Waals surface area (Å²) >= 11 is 0. The van der Waals surface area contributed by atoms with Gasteiger partial charge in [0.1, 0.15) is 5.75 Å². The van der Waals surface area contributed by atoms with Crippen LogP contribution in [0, 0.1) is 20.8 Å². The number of hydrogen-bond acceptors (Lipinski definition) is 3. The van der Waals surface area contributed by atoms with Crippen LogP contribution in [0.5, 0.6) is 5.75 Å². The number of methoxy groups -OCH3 is 1. The molecule has 0 atom stereocenters. The Morgan fingerprint density at radius 2 is 1.67 bits per heavy atom. The van der Waals surface area contributed by atoms with E-state index in [4.69, 9.17) is 10.5 Å². The van der Waals surface area contributed by atoms with Gasteiger partial charge in [-0.3, -0.25) is 4.98 Å². The van der Waals surface area contributed by atoms with Gasteiger partial charge in [0, 0.05) is 11.8 Å². The molecular formula is C15H18N2O. The van der Waals surface area contributed by atoms with Crippen LogP contribution in [0.15, 0.2) is 24.4 Å². The topological polar surface area (TPSA) is 48.1 Å². The van der Waals surface area contributed by atoms with Gasteiger partial charge in [-0.25, -0.2) is 0 Å². The minimum atomic E-state index is 0.707. The van der Waals surface area contributed by atoms with Gasteiger partial charge in [-0.15, -0.1) is 0 Å². The zero-order valence-corrected chi connectivity index (χ0v) is 11.2. The van der Waals surface area contributed by atoms with Gasteiger partial charge in [-0.05, 0) is 55.7 Å². The maximum atomic E-state index is 6.03.